The number of amides is 1. The van der Waals surface area contributed by atoms with Crippen molar-refractivity contribution in [3.05, 3.63) is 82.5 Å². The number of benzene rings is 2. The Morgan fingerprint density at radius 1 is 1.00 bits per heavy atom. The molecule has 3 rings (SSSR count). The fourth-order valence-electron chi connectivity index (χ4n) is 3.26. The number of hydrogen-bond donors (Lipinski definition) is 5. The summed E-state index contributed by atoms with van der Waals surface area (Å²) in [6, 6.07) is 17.1. The molecule has 0 aliphatic rings. The molecule has 2 aromatic carbocycles. The summed E-state index contributed by atoms with van der Waals surface area (Å²) in [4.78, 5) is 39.7. The topological polar surface area (TPSA) is 135 Å². The highest BCUT2D eigenvalue weighted by Crippen LogP contribution is 2.20. The molecule has 2 atom stereocenters. The van der Waals surface area contributed by atoms with Crippen molar-refractivity contribution in [2.75, 3.05) is 6.61 Å². The molecule has 0 saturated heterocycles. The highest BCUT2D eigenvalue weighted by molar-refractivity contribution is 5.92. The molecule has 30 heavy (non-hydrogen) atoms. The van der Waals surface area contributed by atoms with Crippen LogP contribution in [0, 0.1) is 5.92 Å². The van der Waals surface area contributed by atoms with Gasteiger partial charge in [0.2, 0.25) is 0 Å². The molecule has 0 fully saturated rings. The summed E-state index contributed by atoms with van der Waals surface area (Å²) < 4.78 is 0. The van der Waals surface area contributed by atoms with Crippen molar-refractivity contribution in [2.24, 2.45) is 5.92 Å². The number of carbonyl (C=O) groups is 2. The van der Waals surface area contributed by atoms with Gasteiger partial charge in [0, 0.05) is 12.2 Å². The van der Waals surface area contributed by atoms with Crippen molar-refractivity contribution < 1.29 is 19.8 Å². The van der Waals surface area contributed by atoms with Gasteiger partial charge >= 0.3 is 11.7 Å². The fraction of sp³-hybridized carbons (Fsp3) is 0.227. The summed E-state index contributed by atoms with van der Waals surface area (Å²) in [5.74, 6) is -2.67. The van der Waals surface area contributed by atoms with Crippen LogP contribution in [0.15, 0.2) is 65.6 Å². The predicted octanol–water partition coefficient (Wildman–Crippen LogP) is 1.79. The lowest BCUT2D eigenvalue weighted by molar-refractivity contribution is -0.143. The van der Waals surface area contributed by atoms with Crippen LogP contribution in [0.2, 0.25) is 0 Å². The molecule has 0 saturated carbocycles. The van der Waals surface area contributed by atoms with Crippen molar-refractivity contribution in [1.82, 2.24) is 15.3 Å². The molecule has 1 amide bonds. The maximum atomic E-state index is 12.4. The minimum atomic E-state index is -1.13. The highest BCUT2D eigenvalue weighted by Gasteiger charge is 2.24. The van der Waals surface area contributed by atoms with Crippen molar-refractivity contribution in [1.29, 1.82) is 0 Å². The molecule has 0 aliphatic heterocycles. The minimum absolute atomic E-state index is 0.0483. The minimum Gasteiger partial charge on any atom is -0.481 e. The second-order valence-corrected chi connectivity index (χ2v) is 7.05. The number of carboxylic acid groups (broad SMARTS) is 1. The molecule has 0 spiro atoms. The Morgan fingerprint density at radius 3 is 2.23 bits per heavy atom. The first-order chi connectivity index (χ1) is 14.5. The van der Waals surface area contributed by atoms with Crippen LogP contribution in [0.3, 0.4) is 0 Å². The zero-order valence-electron chi connectivity index (χ0n) is 16.2. The number of aliphatic carboxylic acids is 1. The van der Waals surface area contributed by atoms with Gasteiger partial charge in [0.25, 0.3) is 5.91 Å². The summed E-state index contributed by atoms with van der Waals surface area (Å²) >= 11 is 0. The molecule has 5 N–H and O–H groups in total. The smallest absolute Gasteiger partial charge is 0.323 e. The summed E-state index contributed by atoms with van der Waals surface area (Å²) in [5.41, 5.74) is 2.58. The molecule has 0 aliphatic carbocycles. The van der Waals surface area contributed by atoms with Crippen molar-refractivity contribution >= 4 is 11.9 Å². The number of H-pyrrole nitrogens is 2. The van der Waals surface area contributed by atoms with E-state index in [0.29, 0.717) is 6.42 Å². The quantitative estimate of drug-likeness (QED) is 0.367. The van der Waals surface area contributed by atoms with Crippen LogP contribution in [-0.2, 0) is 11.2 Å². The summed E-state index contributed by atoms with van der Waals surface area (Å²) in [5, 5.41) is 21.4. The van der Waals surface area contributed by atoms with Gasteiger partial charge in [-0.1, -0.05) is 54.6 Å². The summed E-state index contributed by atoms with van der Waals surface area (Å²) in [6.07, 6.45) is 1.68. The maximum Gasteiger partial charge on any atom is 0.323 e. The summed E-state index contributed by atoms with van der Waals surface area (Å²) in [6.45, 7) is -0.532. The van der Waals surface area contributed by atoms with Crippen molar-refractivity contribution in [3.63, 3.8) is 0 Å². The molecule has 3 aromatic rings. The van der Waals surface area contributed by atoms with Gasteiger partial charge in [-0.15, -0.1) is 0 Å². The largest absolute Gasteiger partial charge is 0.481 e. The lowest BCUT2D eigenvalue weighted by atomic mass is 9.94. The number of nitrogens with one attached hydrogen (secondary N) is 3. The zero-order valence-corrected chi connectivity index (χ0v) is 16.2. The van der Waals surface area contributed by atoms with E-state index in [1.165, 1.54) is 6.20 Å². The van der Waals surface area contributed by atoms with E-state index in [-0.39, 0.29) is 12.1 Å². The average molecular weight is 409 g/mol. The van der Waals surface area contributed by atoms with Crippen LogP contribution in [-0.4, -0.2) is 44.7 Å². The van der Waals surface area contributed by atoms with Crippen LogP contribution in [0.5, 0.6) is 0 Å². The number of aliphatic hydroxyl groups is 1. The van der Waals surface area contributed by atoms with Crippen molar-refractivity contribution in [3.8, 4) is 11.1 Å². The van der Waals surface area contributed by atoms with Crippen LogP contribution in [0.1, 0.15) is 22.5 Å². The first-order valence-corrected chi connectivity index (χ1v) is 9.53. The van der Waals surface area contributed by atoms with Gasteiger partial charge in [-0.2, -0.15) is 0 Å². The van der Waals surface area contributed by atoms with Gasteiger partial charge in [-0.25, -0.2) is 4.79 Å². The number of hydrogen-bond acceptors (Lipinski definition) is 4. The maximum absolute atomic E-state index is 12.4. The molecular formula is C22H23N3O5. The average Bonchev–Trinajstić information content (AvgIpc) is 3.19. The zero-order chi connectivity index (χ0) is 21.5. The molecule has 8 heteroatoms. The van der Waals surface area contributed by atoms with Crippen molar-refractivity contribution in [2.45, 2.75) is 18.9 Å². The Bertz CT molecular complexity index is 1040. The molecule has 156 valence electrons. The SMILES string of the molecule is O=C(NC(Cc1ccc(-c2ccccc2)cc1)C[C@@H](CO)C(=O)O)c1c[nH]c(=O)[nH]1. The van der Waals surface area contributed by atoms with E-state index in [1.807, 2.05) is 54.6 Å². The lowest BCUT2D eigenvalue weighted by Crippen LogP contribution is -2.40. The normalized spacial score (nSPS) is 12.8. The molecule has 1 unspecified atom stereocenters. The molecule has 8 nitrogen and oxygen atoms in total. The monoisotopic (exact) mass is 409 g/mol. The second-order valence-electron chi connectivity index (χ2n) is 7.05. The van der Waals surface area contributed by atoms with E-state index < -0.39 is 36.1 Å². The van der Waals surface area contributed by atoms with E-state index >= 15 is 0 Å². The third-order valence-electron chi connectivity index (χ3n) is 4.86. The third kappa shape index (κ3) is 5.45. The number of aliphatic hydroxyl groups excluding tert-OH is 1. The summed E-state index contributed by atoms with van der Waals surface area (Å²) in [7, 11) is 0. The first-order valence-electron chi connectivity index (χ1n) is 9.53. The Hall–Kier alpha value is -3.65. The number of rotatable bonds is 9. The number of aromatic nitrogens is 2. The van der Waals surface area contributed by atoms with Crippen LogP contribution in [0.25, 0.3) is 11.1 Å². The van der Waals surface area contributed by atoms with Crippen LogP contribution >= 0.6 is 0 Å². The lowest BCUT2D eigenvalue weighted by Gasteiger charge is -2.21. The van der Waals surface area contributed by atoms with Gasteiger partial charge in [0.05, 0.1) is 12.5 Å². The number of carboxylic acids is 1. The molecule has 1 heterocycles. The van der Waals surface area contributed by atoms with Crippen LogP contribution in [0.4, 0.5) is 0 Å². The van der Waals surface area contributed by atoms with Crippen LogP contribution < -0.4 is 11.0 Å². The predicted molar refractivity (Wildman–Crippen MR) is 111 cm³/mol. The standard InChI is InChI=1S/C22H23N3O5/c26-13-17(21(28)29)11-18(24-20(27)19-12-23-22(30)25-19)10-14-6-8-16(9-7-14)15-4-2-1-3-5-15/h1-9,12,17-18,26H,10-11,13H2,(H,24,27)(H,28,29)(H2,23,25,30)/t17-,18?/m0/s1. The Balaban J connectivity index is 1.76. The first kappa shape index (κ1) is 21.1. The van der Waals surface area contributed by atoms with Gasteiger partial charge in [0.15, 0.2) is 0 Å². The van der Waals surface area contributed by atoms with Gasteiger partial charge in [-0.05, 0) is 29.5 Å². The van der Waals surface area contributed by atoms with E-state index in [9.17, 15) is 24.6 Å². The number of carbonyl (C=O) groups excluding carboxylic acids is 1. The highest BCUT2D eigenvalue weighted by atomic mass is 16.4. The van der Waals surface area contributed by atoms with E-state index in [0.717, 1.165) is 16.7 Å². The van der Waals surface area contributed by atoms with Gasteiger partial charge in [0.1, 0.15) is 5.69 Å². The van der Waals surface area contributed by atoms with Gasteiger partial charge < -0.3 is 25.5 Å². The molecule has 0 bridgehead atoms. The Kier molecular flexibility index (Phi) is 6.82. The Labute approximate surface area is 172 Å². The molecular weight excluding hydrogens is 386 g/mol. The van der Waals surface area contributed by atoms with E-state index in [4.69, 9.17) is 0 Å². The third-order valence-corrected chi connectivity index (χ3v) is 4.86. The molecule has 1 aromatic heterocycles. The Morgan fingerprint density at radius 2 is 1.67 bits per heavy atom. The fourth-order valence-corrected chi connectivity index (χ4v) is 3.26. The molecule has 0 radical (unpaired) electrons. The second kappa shape index (κ2) is 9.71. The van der Waals surface area contributed by atoms with E-state index in [2.05, 4.69) is 15.3 Å². The number of aromatic amines is 2. The van der Waals surface area contributed by atoms with Gasteiger partial charge in [-0.3, -0.25) is 9.59 Å². The van der Waals surface area contributed by atoms with E-state index in [1.54, 1.807) is 0 Å². The number of imidazole rings is 1.